The highest BCUT2D eigenvalue weighted by molar-refractivity contribution is 5.94. The molecule has 7 nitrogen and oxygen atoms in total. The quantitative estimate of drug-likeness (QED) is 0.831. The minimum absolute atomic E-state index is 0.0641. The van der Waals surface area contributed by atoms with E-state index in [1.807, 2.05) is 4.90 Å². The van der Waals surface area contributed by atoms with Crippen LogP contribution in [0, 0.1) is 17.8 Å². The van der Waals surface area contributed by atoms with Crippen molar-refractivity contribution in [1.82, 2.24) is 20.0 Å². The van der Waals surface area contributed by atoms with Crippen LogP contribution < -0.4 is 0 Å². The molecule has 3 heterocycles. The number of rotatable bonds is 5. The summed E-state index contributed by atoms with van der Waals surface area (Å²) >= 11 is 0. The van der Waals surface area contributed by atoms with Crippen LogP contribution in [0.4, 0.5) is 0 Å². The van der Waals surface area contributed by atoms with Gasteiger partial charge >= 0.3 is 0 Å². The summed E-state index contributed by atoms with van der Waals surface area (Å²) in [5.41, 5.74) is 2.59. The normalized spacial score (nSPS) is 32.5. The molecule has 4 atom stereocenters. The standard InChI is InChI=1S/C21H32N4O3/c1-24(2)18-7-14-9-25(10-15(14)8-19(18)28-11-13-3-4-13)21(26)20-16-12-27-6-5-17(16)22-23-20/h13-15,18-19H,3-12H2,1-2H3,(H,22,23)/t14-,15+,18-,19-/m1/s1. The van der Waals surface area contributed by atoms with Crippen LogP contribution in [-0.4, -0.2) is 78.4 Å². The lowest BCUT2D eigenvalue weighted by atomic mass is 9.77. The molecule has 3 fully saturated rings. The van der Waals surface area contributed by atoms with E-state index in [0.717, 1.165) is 56.1 Å². The van der Waals surface area contributed by atoms with Crippen LogP contribution in [0.5, 0.6) is 0 Å². The molecular formula is C21H32N4O3. The van der Waals surface area contributed by atoms with Crippen molar-refractivity contribution in [2.24, 2.45) is 17.8 Å². The largest absolute Gasteiger partial charge is 0.376 e. The number of carbonyl (C=O) groups excluding carboxylic acids is 1. The predicted molar refractivity (Wildman–Crippen MR) is 104 cm³/mol. The molecule has 7 heteroatoms. The summed E-state index contributed by atoms with van der Waals surface area (Å²) in [6, 6.07) is 0.446. The Morgan fingerprint density at radius 1 is 1.29 bits per heavy atom. The second-order valence-electron chi connectivity index (χ2n) is 9.38. The molecule has 1 aromatic rings. The van der Waals surface area contributed by atoms with Crippen molar-refractivity contribution in [2.75, 3.05) is 40.4 Å². The molecule has 0 spiro atoms. The third-order valence-electron chi connectivity index (χ3n) is 7.18. The van der Waals surface area contributed by atoms with Crippen molar-refractivity contribution in [3.63, 3.8) is 0 Å². The maximum absolute atomic E-state index is 13.2. The predicted octanol–water partition coefficient (Wildman–Crippen LogP) is 1.69. The van der Waals surface area contributed by atoms with Crippen LogP contribution in [0.3, 0.4) is 0 Å². The number of nitrogens with zero attached hydrogens (tertiary/aromatic N) is 3. The van der Waals surface area contributed by atoms with Gasteiger partial charge in [0.15, 0.2) is 5.69 Å². The molecule has 2 aliphatic carbocycles. The minimum Gasteiger partial charge on any atom is -0.376 e. The van der Waals surface area contributed by atoms with Gasteiger partial charge in [-0.2, -0.15) is 5.10 Å². The van der Waals surface area contributed by atoms with Gasteiger partial charge in [0.1, 0.15) is 0 Å². The smallest absolute Gasteiger partial charge is 0.274 e. The molecule has 1 aromatic heterocycles. The van der Waals surface area contributed by atoms with Crippen molar-refractivity contribution in [2.45, 2.75) is 50.9 Å². The Labute approximate surface area is 166 Å². The van der Waals surface area contributed by atoms with Crippen molar-refractivity contribution in [3.8, 4) is 0 Å². The van der Waals surface area contributed by atoms with Crippen LogP contribution in [0.15, 0.2) is 0 Å². The van der Waals surface area contributed by atoms with Crippen molar-refractivity contribution in [1.29, 1.82) is 0 Å². The van der Waals surface area contributed by atoms with E-state index in [0.29, 0.717) is 42.9 Å². The Morgan fingerprint density at radius 2 is 2.07 bits per heavy atom. The molecular weight excluding hydrogens is 356 g/mol. The van der Waals surface area contributed by atoms with E-state index in [4.69, 9.17) is 9.47 Å². The Balaban J connectivity index is 1.27. The number of likely N-dealkylation sites (N-methyl/N-ethyl adjacent to an activating group) is 1. The maximum atomic E-state index is 13.2. The summed E-state index contributed by atoms with van der Waals surface area (Å²) in [6.07, 6.45) is 5.92. The van der Waals surface area contributed by atoms with Gasteiger partial charge in [-0.05, 0) is 57.5 Å². The van der Waals surface area contributed by atoms with Crippen molar-refractivity contribution in [3.05, 3.63) is 17.0 Å². The zero-order valence-electron chi connectivity index (χ0n) is 17.0. The van der Waals surface area contributed by atoms with Gasteiger partial charge in [0.05, 0.1) is 19.3 Å². The van der Waals surface area contributed by atoms with Crippen molar-refractivity contribution >= 4 is 5.91 Å². The molecule has 2 saturated carbocycles. The Hall–Kier alpha value is -1.44. The zero-order chi connectivity index (χ0) is 19.3. The van der Waals surface area contributed by atoms with E-state index in [1.165, 1.54) is 12.8 Å². The topological polar surface area (TPSA) is 70.7 Å². The number of carbonyl (C=O) groups is 1. The number of ether oxygens (including phenoxy) is 2. The van der Waals surface area contributed by atoms with E-state index in [-0.39, 0.29) is 5.91 Å². The second-order valence-corrected chi connectivity index (χ2v) is 9.38. The fourth-order valence-electron chi connectivity index (χ4n) is 5.26. The van der Waals surface area contributed by atoms with E-state index < -0.39 is 0 Å². The lowest BCUT2D eigenvalue weighted by Crippen LogP contribution is -2.48. The number of aromatic nitrogens is 2. The third kappa shape index (κ3) is 3.48. The Morgan fingerprint density at radius 3 is 2.82 bits per heavy atom. The van der Waals surface area contributed by atoms with Crippen molar-refractivity contribution < 1.29 is 14.3 Å². The first-order valence-electron chi connectivity index (χ1n) is 10.8. The number of aromatic amines is 1. The first-order valence-corrected chi connectivity index (χ1v) is 10.8. The molecule has 4 aliphatic rings. The van der Waals surface area contributed by atoms with Gasteiger partial charge in [-0.1, -0.05) is 0 Å². The Bertz CT molecular complexity index is 729. The van der Waals surface area contributed by atoms with E-state index >= 15 is 0 Å². The van der Waals surface area contributed by atoms with Gasteiger partial charge in [-0.3, -0.25) is 9.89 Å². The molecule has 5 rings (SSSR count). The summed E-state index contributed by atoms with van der Waals surface area (Å²) in [5, 5.41) is 7.40. The lowest BCUT2D eigenvalue weighted by Gasteiger charge is -2.41. The minimum atomic E-state index is 0.0641. The SMILES string of the molecule is CN(C)[C@@H]1C[C@@H]2CN(C(=O)c3n[nH]c4c3COCC4)C[C@@H]2C[C@H]1OCC1CC1. The molecule has 1 amide bonds. The molecule has 0 radical (unpaired) electrons. The van der Waals surface area contributed by atoms with Gasteiger partial charge in [0.2, 0.25) is 0 Å². The molecule has 0 bridgehead atoms. The van der Waals surface area contributed by atoms with E-state index in [9.17, 15) is 4.79 Å². The molecule has 2 aliphatic heterocycles. The fourth-order valence-corrected chi connectivity index (χ4v) is 5.26. The molecule has 28 heavy (non-hydrogen) atoms. The first kappa shape index (κ1) is 18.6. The molecule has 1 saturated heterocycles. The molecule has 154 valence electrons. The number of hydrogen-bond acceptors (Lipinski definition) is 5. The third-order valence-corrected chi connectivity index (χ3v) is 7.18. The van der Waals surface area contributed by atoms with Gasteiger partial charge in [0, 0.05) is 43.4 Å². The van der Waals surface area contributed by atoms with Crippen LogP contribution in [0.1, 0.15) is 47.4 Å². The lowest BCUT2D eigenvalue weighted by molar-refractivity contribution is -0.0493. The van der Waals surface area contributed by atoms with Gasteiger partial charge in [-0.15, -0.1) is 0 Å². The average Bonchev–Trinajstić information content (AvgIpc) is 3.27. The van der Waals surface area contributed by atoms with Gasteiger partial charge in [-0.25, -0.2) is 0 Å². The average molecular weight is 389 g/mol. The summed E-state index contributed by atoms with van der Waals surface area (Å²) in [7, 11) is 4.32. The van der Waals surface area contributed by atoms with E-state index in [2.05, 4.69) is 29.2 Å². The van der Waals surface area contributed by atoms with Gasteiger partial charge < -0.3 is 19.3 Å². The van der Waals surface area contributed by atoms with Gasteiger partial charge in [0.25, 0.3) is 5.91 Å². The molecule has 1 N–H and O–H groups in total. The zero-order valence-corrected chi connectivity index (χ0v) is 17.0. The first-order chi connectivity index (χ1) is 13.6. The van der Waals surface area contributed by atoms with Crippen LogP contribution in [0.25, 0.3) is 0 Å². The van der Waals surface area contributed by atoms with Crippen LogP contribution in [0.2, 0.25) is 0 Å². The summed E-state index contributed by atoms with van der Waals surface area (Å²) in [5.74, 6) is 1.95. The monoisotopic (exact) mass is 388 g/mol. The summed E-state index contributed by atoms with van der Waals surface area (Å²) < 4.78 is 11.9. The number of hydrogen-bond donors (Lipinski definition) is 1. The highest BCUT2D eigenvalue weighted by Crippen LogP contribution is 2.40. The van der Waals surface area contributed by atoms with Crippen LogP contribution >= 0.6 is 0 Å². The Kier molecular flexibility index (Phi) is 4.93. The fraction of sp³-hybridized carbons (Fsp3) is 0.810. The number of amides is 1. The number of nitrogens with one attached hydrogen (secondary N) is 1. The van der Waals surface area contributed by atoms with Crippen LogP contribution in [-0.2, 0) is 22.5 Å². The molecule has 0 aromatic carbocycles. The van der Waals surface area contributed by atoms with E-state index in [1.54, 1.807) is 0 Å². The second kappa shape index (κ2) is 7.43. The highest BCUT2D eigenvalue weighted by atomic mass is 16.5. The number of fused-ring (bicyclic) bond motifs is 2. The number of H-pyrrole nitrogens is 1. The maximum Gasteiger partial charge on any atom is 0.274 e. The highest BCUT2D eigenvalue weighted by Gasteiger charge is 2.45. The summed E-state index contributed by atoms with van der Waals surface area (Å²) in [4.78, 5) is 17.5. The molecule has 0 unspecified atom stereocenters. The number of likely N-dealkylation sites (tertiary alicyclic amines) is 1. The summed E-state index contributed by atoms with van der Waals surface area (Å²) in [6.45, 7) is 3.77.